The van der Waals surface area contributed by atoms with E-state index in [1.807, 2.05) is 30.3 Å². The van der Waals surface area contributed by atoms with E-state index in [2.05, 4.69) is 23.5 Å². The van der Waals surface area contributed by atoms with E-state index in [4.69, 9.17) is 5.21 Å². The molecule has 0 aliphatic heterocycles. The van der Waals surface area contributed by atoms with Gasteiger partial charge in [0.15, 0.2) is 0 Å². The maximum atomic E-state index is 11.6. The van der Waals surface area contributed by atoms with Crippen LogP contribution in [0.3, 0.4) is 0 Å². The van der Waals surface area contributed by atoms with Crippen molar-refractivity contribution in [3.63, 3.8) is 0 Å². The fourth-order valence-corrected chi connectivity index (χ4v) is 2.84. The van der Waals surface area contributed by atoms with Crippen LogP contribution in [0.4, 0.5) is 11.4 Å². The highest BCUT2D eigenvalue weighted by Gasteiger charge is 2.24. The summed E-state index contributed by atoms with van der Waals surface area (Å²) in [5, 5.41) is 12.1. The number of hydroxylamine groups is 1. The van der Waals surface area contributed by atoms with E-state index in [1.165, 1.54) is 11.1 Å². The molecule has 3 N–H and O–H groups in total. The van der Waals surface area contributed by atoms with Gasteiger partial charge in [-0.2, -0.15) is 0 Å². The molecule has 4 heteroatoms. The zero-order chi connectivity index (χ0) is 14.7. The van der Waals surface area contributed by atoms with Crippen molar-refractivity contribution in [1.29, 1.82) is 0 Å². The Bertz CT molecular complexity index is 640. The summed E-state index contributed by atoms with van der Waals surface area (Å²) in [6.45, 7) is 0. The number of carbonyl (C=O) groups is 1. The lowest BCUT2D eigenvalue weighted by atomic mass is 9.83. The number of benzene rings is 2. The second-order valence-electron chi connectivity index (χ2n) is 5.39. The molecule has 0 bridgehead atoms. The molecule has 2 aromatic carbocycles. The average Bonchev–Trinajstić information content (AvgIpc) is 2.54. The van der Waals surface area contributed by atoms with Gasteiger partial charge in [0.1, 0.15) is 0 Å². The van der Waals surface area contributed by atoms with Gasteiger partial charge >= 0.3 is 0 Å². The van der Waals surface area contributed by atoms with Gasteiger partial charge in [-0.1, -0.05) is 24.3 Å². The highest BCUT2D eigenvalue weighted by Crippen LogP contribution is 2.29. The molecule has 1 aliphatic carbocycles. The van der Waals surface area contributed by atoms with E-state index in [0.717, 1.165) is 24.2 Å². The first-order valence-corrected chi connectivity index (χ1v) is 7.14. The number of rotatable bonds is 3. The van der Waals surface area contributed by atoms with Crippen LogP contribution in [0.1, 0.15) is 17.5 Å². The Hall–Kier alpha value is -2.33. The van der Waals surface area contributed by atoms with E-state index in [1.54, 1.807) is 5.48 Å². The summed E-state index contributed by atoms with van der Waals surface area (Å²) in [6.07, 6.45) is 2.33. The van der Waals surface area contributed by atoms with Crippen LogP contribution in [0, 0.1) is 5.92 Å². The monoisotopic (exact) mass is 282 g/mol. The van der Waals surface area contributed by atoms with Crippen LogP contribution >= 0.6 is 0 Å². The molecule has 2 aromatic rings. The van der Waals surface area contributed by atoms with E-state index < -0.39 is 0 Å². The smallest absolute Gasteiger partial charge is 0.246 e. The van der Waals surface area contributed by atoms with Gasteiger partial charge in [-0.15, -0.1) is 0 Å². The first-order valence-electron chi connectivity index (χ1n) is 7.14. The summed E-state index contributed by atoms with van der Waals surface area (Å²) in [4.78, 5) is 11.6. The highest BCUT2D eigenvalue weighted by molar-refractivity contribution is 5.78. The van der Waals surface area contributed by atoms with Crippen molar-refractivity contribution in [3.05, 3.63) is 59.7 Å². The van der Waals surface area contributed by atoms with Crippen molar-refractivity contribution in [2.24, 2.45) is 5.92 Å². The molecule has 0 radical (unpaired) electrons. The van der Waals surface area contributed by atoms with Gasteiger partial charge in [0.2, 0.25) is 5.91 Å². The predicted octanol–water partition coefficient (Wildman–Crippen LogP) is 3.04. The maximum Gasteiger partial charge on any atom is 0.246 e. The van der Waals surface area contributed by atoms with Crippen LogP contribution in [-0.2, 0) is 17.6 Å². The van der Waals surface area contributed by atoms with Gasteiger partial charge in [-0.25, -0.2) is 5.48 Å². The third-order valence-corrected chi connectivity index (χ3v) is 3.98. The Morgan fingerprint density at radius 2 is 1.86 bits per heavy atom. The Morgan fingerprint density at radius 3 is 2.62 bits per heavy atom. The molecule has 1 unspecified atom stereocenters. The average molecular weight is 282 g/mol. The van der Waals surface area contributed by atoms with Crippen LogP contribution in [0.15, 0.2) is 48.5 Å². The van der Waals surface area contributed by atoms with Crippen molar-refractivity contribution in [1.82, 2.24) is 5.48 Å². The van der Waals surface area contributed by atoms with Crippen LogP contribution in [0.2, 0.25) is 0 Å². The van der Waals surface area contributed by atoms with Gasteiger partial charge in [-0.3, -0.25) is 10.0 Å². The maximum absolute atomic E-state index is 11.6. The molecule has 0 fully saturated rings. The molecule has 3 rings (SSSR count). The minimum atomic E-state index is -0.290. The topological polar surface area (TPSA) is 61.4 Å². The number of nitrogens with one attached hydrogen (secondary N) is 2. The van der Waals surface area contributed by atoms with Crippen molar-refractivity contribution < 1.29 is 10.0 Å². The van der Waals surface area contributed by atoms with Crippen molar-refractivity contribution >= 4 is 17.3 Å². The lowest BCUT2D eigenvalue weighted by Crippen LogP contribution is -2.31. The van der Waals surface area contributed by atoms with Crippen LogP contribution < -0.4 is 10.8 Å². The van der Waals surface area contributed by atoms with Gasteiger partial charge < -0.3 is 5.32 Å². The second-order valence-corrected chi connectivity index (χ2v) is 5.39. The summed E-state index contributed by atoms with van der Waals surface area (Å²) >= 11 is 0. The first kappa shape index (κ1) is 13.6. The number of amides is 1. The van der Waals surface area contributed by atoms with Crippen molar-refractivity contribution in [2.75, 3.05) is 5.32 Å². The fourth-order valence-electron chi connectivity index (χ4n) is 2.84. The zero-order valence-corrected chi connectivity index (χ0v) is 11.7. The lowest BCUT2D eigenvalue weighted by Gasteiger charge is -2.23. The van der Waals surface area contributed by atoms with E-state index in [9.17, 15) is 4.79 Å². The number of aryl methyl sites for hydroxylation is 1. The van der Waals surface area contributed by atoms with E-state index in [0.29, 0.717) is 6.42 Å². The minimum Gasteiger partial charge on any atom is -0.356 e. The first-order chi connectivity index (χ1) is 10.3. The summed E-state index contributed by atoms with van der Waals surface area (Å²) < 4.78 is 0. The number of hydrogen-bond acceptors (Lipinski definition) is 3. The van der Waals surface area contributed by atoms with Gasteiger partial charge in [0.25, 0.3) is 0 Å². The Morgan fingerprint density at radius 1 is 1.05 bits per heavy atom. The molecule has 0 saturated heterocycles. The Balaban J connectivity index is 1.79. The molecule has 0 heterocycles. The predicted molar refractivity (Wildman–Crippen MR) is 81.6 cm³/mol. The van der Waals surface area contributed by atoms with Crippen LogP contribution in [0.25, 0.3) is 0 Å². The SMILES string of the molecule is O=C(NO)C1CCc2ccc(Nc3ccccc3)cc2C1. The number of para-hydroxylation sites is 1. The second kappa shape index (κ2) is 5.97. The van der Waals surface area contributed by atoms with Crippen LogP contribution in [-0.4, -0.2) is 11.1 Å². The molecule has 0 saturated carbocycles. The Labute approximate surface area is 123 Å². The Kier molecular flexibility index (Phi) is 3.88. The highest BCUT2D eigenvalue weighted by atomic mass is 16.5. The number of hydrogen-bond donors (Lipinski definition) is 3. The number of fused-ring (bicyclic) bond motifs is 1. The minimum absolute atomic E-state index is 0.144. The molecular weight excluding hydrogens is 264 g/mol. The molecule has 21 heavy (non-hydrogen) atoms. The fraction of sp³-hybridized carbons (Fsp3) is 0.235. The van der Waals surface area contributed by atoms with Crippen molar-refractivity contribution in [3.8, 4) is 0 Å². The molecular formula is C17H18N2O2. The standard InChI is InChI=1S/C17H18N2O2/c20-17(19-21)13-7-6-12-8-9-16(11-14(12)10-13)18-15-4-2-1-3-5-15/h1-5,8-9,11,13,18,21H,6-7,10H2,(H,19,20). The van der Waals surface area contributed by atoms with Gasteiger partial charge in [0.05, 0.1) is 0 Å². The molecule has 1 atom stereocenters. The van der Waals surface area contributed by atoms with Gasteiger partial charge in [-0.05, 0) is 54.7 Å². The normalized spacial score (nSPS) is 16.9. The quantitative estimate of drug-likeness (QED) is 0.599. The molecule has 108 valence electrons. The third-order valence-electron chi connectivity index (χ3n) is 3.98. The molecule has 4 nitrogen and oxygen atoms in total. The molecule has 1 aliphatic rings. The number of carbonyl (C=O) groups excluding carboxylic acids is 1. The largest absolute Gasteiger partial charge is 0.356 e. The third kappa shape index (κ3) is 3.06. The molecule has 0 aromatic heterocycles. The summed E-state index contributed by atoms with van der Waals surface area (Å²) in [5.74, 6) is -0.434. The van der Waals surface area contributed by atoms with E-state index >= 15 is 0 Å². The summed E-state index contributed by atoms with van der Waals surface area (Å²) in [6, 6.07) is 16.3. The van der Waals surface area contributed by atoms with E-state index in [-0.39, 0.29) is 11.8 Å². The zero-order valence-electron chi connectivity index (χ0n) is 11.7. The number of anilines is 2. The van der Waals surface area contributed by atoms with Crippen molar-refractivity contribution in [2.45, 2.75) is 19.3 Å². The lowest BCUT2D eigenvalue weighted by molar-refractivity contribution is -0.133. The summed E-state index contributed by atoms with van der Waals surface area (Å²) in [5.41, 5.74) is 6.29. The molecule has 1 amide bonds. The molecule has 0 spiro atoms. The summed E-state index contributed by atoms with van der Waals surface area (Å²) in [7, 11) is 0. The van der Waals surface area contributed by atoms with Gasteiger partial charge in [0, 0.05) is 17.3 Å². The van der Waals surface area contributed by atoms with Crippen LogP contribution in [0.5, 0.6) is 0 Å².